The number of nitrogens with zero attached hydrogens (tertiary/aromatic N) is 1. The number of halogens is 2. The standard InChI is InChI=1S/C21H33N3O2.2ClH/c1-4-26-18-14-21(22,20(18,2)3)19(25)23-15-17(24-12-8-9-13-24)16-10-6-5-7-11-16;;/h5-7,10-11,17-18H,4,8-9,12-15,22H2,1-3H3,(H,23,25);2*1H. The Balaban J connectivity index is 0.00000196. The van der Waals surface area contributed by atoms with Crippen molar-refractivity contribution >= 4 is 30.7 Å². The Kier molecular flexibility index (Phi) is 9.23. The van der Waals surface area contributed by atoms with E-state index in [-0.39, 0.29) is 48.3 Å². The predicted molar refractivity (Wildman–Crippen MR) is 118 cm³/mol. The lowest BCUT2D eigenvalue weighted by molar-refractivity contribution is -0.170. The molecule has 1 aromatic rings. The van der Waals surface area contributed by atoms with E-state index >= 15 is 0 Å². The summed E-state index contributed by atoms with van der Waals surface area (Å²) in [5.41, 5.74) is 6.55. The molecule has 0 radical (unpaired) electrons. The average Bonchev–Trinajstić information content (AvgIpc) is 3.16. The fraction of sp³-hybridized carbons (Fsp3) is 0.667. The third-order valence-corrected chi connectivity index (χ3v) is 6.46. The summed E-state index contributed by atoms with van der Waals surface area (Å²) in [6, 6.07) is 10.6. The van der Waals surface area contributed by atoms with E-state index in [9.17, 15) is 4.79 Å². The first-order valence-electron chi connectivity index (χ1n) is 9.88. The maximum absolute atomic E-state index is 13.0. The topological polar surface area (TPSA) is 67.6 Å². The molecule has 1 heterocycles. The Morgan fingerprint density at radius 2 is 1.86 bits per heavy atom. The van der Waals surface area contributed by atoms with Crippen LogP contribution in [0.25, 0.3) is 0 Å². The van der Waals surface area contributed by atoms with Gasteiger partial charge in [0.1, 0.15) is 5.54 Å². The molecule has 28 heavy (non-hydrogen) atoms. The van der Waals surface area contributed by atoms with E-state index < -0.39 is 5.54 Å². The van der Waals surface area contributed by atoms with Crippen LogP contribution in [0.5, 0.6) is 0 Å². The molecule has 3 atom stereocenters. The van der Waals surface area contributed by atoms with E-state index in [1.165, 1.54) is 18.4 Å². The minimum absolute atomic E-state index is 0. The SMILES string of the molecule is CCOC1CC(N)(C(=O)NCC(c2ccccc2)N2CCCC2)C1(C)C.Cl.Cl. The molecule has 7 heteroatoms. The molecule has 1 aliphatic heterocycles. The van der Waals surface area contributed by atoms with Gasteiger partial charge in [-0.3, -0.25) is 9.69 Å². The van der Waals surface area contributed by atoms with E-state index in [2.05, 4.69) is 34.5 Å². The first kappa shape index (κ1) is 25.2. The summed E-state index contributed by atoms with van der Waals surface area (Å²) in [6.45, 7) is 9.46. The smallest absolute Gasteiger partial charge is 0.240 e. The molecule has 0 spiro atoms. The lowest BCUT2D eigenvalue weighted by Gasteiger charge is -2.57. The number of rotatable bonds is 7. The lowest BCUT2D eigenvalue weighted by Crippen LogP contribution is -2.76. The molecule has 1 aromatic carbocycles. The summed E-state index contributed by atoms with van der Waals surface area (Å²) < 4.78 is 5.75. The van der Waals surface area contributed by atoms with Crippen LogP contribution in [0.3, 0.4) is 0 Å². The van der Waals surface area contributed by atoms with Crippen LogP contribution in [0.15, 0.2) is 30.3 Å². The molecule has 1 saturated carbocycles. The monoisotopic (exact) mass is 431 g/mol. The van der Waals surface area contributed by atoms with Crippen LogP contribution in [0.4, 0.5) is 0 Å². The highest BCUT2D eigenvalue weighted by atomic mass is 35.5. The number of amides is 1. The number of hydrogen-bond donors (Lipinski definition) is 2. The molecule has 3 N–H and O–H groups in total. The highest BCUT2D eigenvalue weighted by Crippen LogP contribution is 2.49. The third-order valence-electron chi connectivity index (χ3n) is 6.46. The molecule has 3 rings (SSSR count). The number of ether oxygens (including phenoxy) is 1. The van der Waals surface area contributed by atoms with Gasteiger partial charge < -0.3 is 15.8 Å². The second kappa shape index (κ2) is 10.3. The summed E-state index contributed by atoms with van der Waals surface area (Å²) in [6.07, 6.45) is 3.08. The van der Waals surface area contributed by atoms with Crippen LogP contribution in [-0.2, 0) is 9.53 Å². The minimum atomic E-state index is -0.862. The van der Waals surface area contributed by atoms with Crippen LogP contribution < -0.4 is 11.1 Å². The Labute approximate surface area is 181 Å². The van der Waals surface area contributed by atoms with E-state index in [1.54, 1.807) is 0 Å². The lowest BCUT2D eigenvalue weighted by atomic mass is 9.54. The van der Waals surface area contributed by atoms with Crippen LogP contribution in [0.1, 0.15) is 51.6 Å². The van der Waals surface area contributed by atoms with Crippen molar-refractivity contribution < 1.29 is 9.53 Å². The van der Waals surface area contributed by atoms with Crippen LogP contribution in [-0.4, -0.2) is 48.7 Å². The molecule has 1 amide bonds. The van der Waals surface area contributed by atoms with Crippen molar-refractivity contribution in [2.45, 2.75) is 57.7 Å². The second-order valence-electron chi connectivity index (χ2n) is 8.22. The molecule has 5 nitrogen and oxygen atoms in total. The fourth-order valence-corrected chi connectivity index (χ4v) is 4.35. The molecule has 0 bridgehead atoms. The van der Waals surface area contributed by atoms with E-state index in [0.717, 1.165) is 13.1 Å². The average molecular weight is 432 g/mol. The molecule has 160 valence electrons. The predicted octanol–water partition coefficient (Wildman–Crippen LogP) is 3.32. The molecule has 1 aliphatic carbocycles. The van der Waals surface area contributed by atoms with Crippen LogP contribution >= 0.6 is 24.8 Å². The van der Waals surface area contributed by atoms with Gasteiger partial charge in [0, 0.05) is 25.0 Å². The zero-order valence-corrected chi connectivity index (χ0v) is 18.8. The highest BCUT2D eigenvalue weighted by molar-refractivity contribution is 5.88. The van der Waals surface area contributed by atoms with Crippen molar-refractivity contribution in [1.82, 2.24) is 10.2 Å². The number of nitrogens with two attached hydrogens (primary N) is 1. The summed E-state index contributed by atoms with van der Waals surface area (Å²) in [4.78, 5) is 15.4. The van der Waals surface area contributed by atoms with Gasteiger partial charge in [-0.05, 0) is 38.4 Å². The first-order chi connectivity index (χ1) is 12.4. The summed E-state index contributed by atoms with van der Waals surface area (Å²) in [5, 5.41) is 3.16. The van der Waals surface area contributed by atoms with Crippen molar-refractivity contribution in [1.29, 1.82) is 0 Å². The first-order valence-corrected chi connectivity index (χ1v) is 9.88. The number of benzene rings is 1. The van der Waals surface area contributed by atoms with Crippen molar-refractivity contribution in [3.8, 4) is 0 Å². The van der Waals surface area contributed by atoms with Gasteiger partial charge in [-0.2, -0.15) is 0 Å². The maximum Gasteiger partial charge on any atom is 0.240 e. The van der Waals surface area contributed by atoms with Gasteiger partial charge in [-0.15, -0.1) is 24.8 Å². The van der Waals surface area contributed by atoms with Gasteiger partial charge in [0.25, 0.3) is 0 Å². The maximum atomic E-state index is 13.0. The number of likely N-dealkylation sites (tertiary alicyclic amines) is 1. The second-order valence-corrected chi connectivity index (χ2v) is 8.22. The number of nitrogens with one attached hydrogen (secondary N) is 1. The van der Waals surface area contributed by atoms with Gasteiger partial charge in [0.15, 0.2) is 0 Å². The Morgan fingerprint density at radius 1 is 1.25 bits per heavy atom. The molecular weight excluding hydrogens is 397 g/mol. The van der Waals surface area contributed by atoms with Crippen molar-refractivity contribution in [2.24, 2.45) is 11.1 Å². The molecule has 0 aromatic heterocycles. The Morgan fingerprint density at radius 3 is 2.39 bits per heavy atom. The fourth-order valence-electron chi connectivity index (χ4n) is 4.35. The molecular formula is C21H35Cl2N3O2. The summed E-state index contributed by atoms with van der Waals surface area (Å²) in [7, 11) is 0. The zero-order valence-electron chi connectivity index (χ0n) is 17.1. The summed E-state index contributed by atoms with van der Waals surface area (Å²) in [5.74, 6) is -0.0569. The Hall–Kier alpha value is -0.850. The van der Waals surface area contributed by atoms with Crippen LogP contribution in [0.2, 0.25) is 0 Å². The Bertz CT molecular complexity index is 623. The number of carbonyl (C=O) groups is 1. The van der Waals surface area contributed by atoms with Crippen molar-refractivity contribution in [3.05, 3.63) is 35.9 Å². The largest absolute Gasteiger partial charge is 0.378 e. The normalized spacial score (nSPS) is 27.1. The molecule has 3 unspecified atom stereocenters. The van der Waals surface area contributed by atoms with Gasteiger partial charge in [0.2, 0.25) is 5.91 Å². The van der Waals surface area contributed by atoms with Crippen LogP contribution in [0, 0.1) is 5.41 Å². The van der Waals surface area contributed by atoms with Crippen molar-refractivity contribution in [2.75, 3.05) is 26.2 Å². The third kappa shape index (κ3) is 4.65. The summed E-state index contributed by atoms with van der Waals surface area (Å²) >= 11 is 0. The number of carbonyl (C=O) groups excluding carboxylic acids is 1. The van der Waals surface area contributed by atoms with Gasteiger partial charge >= 0.3 is 0 Å². The van der Waals surface area contributed by atoms with E-state index in [4.69, 9.17) is 10.5 Å². The van der Waals surface area contributed by atoms with E-state index in [0.29, 0.717) is 19.6 Å². The molecule has 2 aliphatic rings. The molecule has 1 saturated heterocycles. The molecule has 2 fully saturated rings. The quantitative estimate of drug-likeness (QED) is 0.694. The zero-order chi connectivity index (χ0) is 18.8. The van der Waals surface area contributed by atoms with Gasteiger partial charge in [-0.25, -0.2) is 0 Å². The van der Waals surface area contributed by atoms with Gasteiger partial charge in [0.05, 0.1) is 12.1 Å². The van der Waals surface area contributed by atoms with Gasteiger partial charge in [-0.1, -0.05) is 44.2 Å². The van der Waals surface area contributed by atoms with Crippen molar-refractivity contribution in [3.63, 3.8) is 0 Å². The minimum Gasteiger partial charge on any atom is -0.378 e. The highest BCUT2D eigenvalue weighted by Gasteiger charge is 2.62. The number of hydrogen-bond acceptors (Lipinski definition) is 4. The van der Waals surface area contributed by atoms with E-state index in [1.807, 2.05) is 26.8 Å².